The van der Waals surface area contributed by atoms with E-state index in [1.807, 2.05) is 0 Å². The molecule has 7 heteroatoms. The van der Waals surface area contributed by atoms with Crippen molar-refractivity contribution in [2.75, 3.05) is 12.8 Å². The van der Waals surface area contributed by atoms with Crippen molar-refractivity contribution in [3.05, 3.63) is 0 Å². The van der Waals surface area contributed by atoms with E-state index in [1.54, 1.807) is 6.92 Å². The third kappa shape index (κ3) is 7.45. The van der Waals surface area contributed by atoms with Gasteiger partial charge in [0.25, 0.3) is 10.1 Å². The fraction of sp³-hybridized carbons (Fsp3) is 0.833. The average Bonchev–Trinajstić information content (AvgIpc) is 1.85. The normalized spacial score (nSPS) is 10.4. The van der Waals surface area contributed by atoms with Gasteiger partial charge in [-0.3, -0.25) is 4.79 Å². The molecule has 0 bridgehead atoms. The molecule has 0 aromatic heterocycles. The predicted molar refractivity (Wildman–Crippen MR) is 49.4 cm³/mol. The zero-order valence-electron chi connectivity index (χ0n) is 8.40. The molecule has 0 aliphatic rings. The summed E-state index contributed by atoms with van der Waals surface area (Å²) in [7, 11) is -2.31. The summed E-state index contributed by atoms with van der Waals surface area (Å²) in [5.74, 6) is -0.528. The van der Waals surface area contributed by atoms with E-state index in [-0.39, 0.29) is 35.3 Å². The monoisotopic (exact) mass is 218 g/mol. The summed E-state index contributed by atoms with van der Waals surface area (Å²) in [6.07, 6.45) is 0.466. The molecule has 0 aromatic carbocycles. The number of hydrogen-bond donors (Lipinski definition) is 0. The summed E-state index contributed by atoms with van der Waals surface area (Å²) < 4.78 is 26.3. The third-order valence-electron chi connectivity index (χ3n) is 1.12. The van der Waals surface area contributed by atoms with Crippen molar-refractivity contribution in [2.45, 2.75) is 20.3 Å². The summed E-state index contributed by atoms with van der Waals surface area (Å²) in [6, 6.07) is 0. The second-order valence-electron chi connectivity index (χ2n) is 2.35. The zero-order valence-corrected chi connectivity index (χ0v) is 11.2. The van der Waals surface area contributed by atoms with Gasteiger partial charge in [-0.1, -0.05) is 6.92 Å². The molecule has 0 fully saturated rings. The van der Waals surface area contributed by atoms with E-state index in [1.165, 1.54) is 14.0 Å². The topological polar surface area (TPSA) is 63.7 Å². The molecule has 0 aliphatic carbocycles. The number of carbonyl (C=O) groups is 1. The largest absolute Gasteiger partial charge is 0.288 e. The van der Waals surface area contributed by atoms with Crippen LogP contribution in [0.5, 0.6) is 0 Å². The van der Waals surface area contributed by atoms with Crippen LogP contribution >= 0.6 is 0 Å². The zero-order chi connectivity index (χ0) is 9.78. The van der Waals surface area contributed by atoms with Gasteiger partial charge in [-0.15, -0.1) is 4.28 Å². The van der Waals surface area contributed by atoms with E-state index in [2.05, 4.69) is 4.28 Å². The molecule has 5 nitrogen and oxygen atoms in total. The molecule has 0 unspecified atom stereocenters. The van der Waals surface area contributed by atoms with Crippen molar-refractivity contribution in [1.82, 2.24) is 5.06 Å². The van der Waals surface area contributed by atoms with Gasteiger partial charge in [0.15, 0.2) is 0 Å². The fourth-order valence-corrected chi connectivity index (χ4v) is 1.53. The quantitative estimate of drug-likeness (QED) is 0.482. The Kier molecular flexibility index (Phi) is 8.26. The number of nitrogens with zero attached hydrogens (tertiary/aromatic N) is 1. The molecule has 0 heterocycles. The smallest absolute Gasteiger partial charge is 0.273 e. The Morgan fingerprint density at radius 1 is 1.46 bits per heavy atom. The second kappa shape index (κ2) is 6.78. The number of amides is 1. The van der Waals surface area contributed by atoms with Crippen molar-refractivity contribution in [2.24, 2.45) is 0 Å². The summed E-state index contributed by atoms with van der Waals surface area (Å²) in [5, 5.41) is 0.699. The van der Waals surface area contributed by atoms with Crippen LogP contribution in [0, 0.1) is 0 Å². The van der Waals surface area contributed by atoms with Crippen LogP contribution in [0.4, 0.5) is 0 Å². The van der Waals surface area contributed by atoms with E-state index in [4.69, 9.17) is 0 Å². The molecule has 0 aliphatic heterocycles. The molecule has 0 N–H and O–H groups in total. The van der Waals surface area contributed by atoms with Gasteiger partial charge < -0.3 is 0 Å². The second-order valence-corrected chi connectivity index (χ2v) is 4.03. The first-order valence-corrected chi connectivity index (χ1v) is 5.13. The maximum absolute atomic E-state index is 10.9. The molecule has 0 rings (SSSR count). The minimum atomic E-state index is -3.57. The molecular weight excluding hydrogens is 205 g/mol. The summed E-state index contributed by atoms with van der Waals surface area (Å²) in [4.78, 5) is 10.6. The first-order chi connectivity index (χ1) is 5.39. The molecule has 13 heavy (non-hydrogen) atoms. The molecule has 0 aromatic rings. The van der Waals surface area contributed by atoms with Gasteiger partial charge in [0.2, 0.25) is 5.91 Å². The Balaban J connectivity index is 0. The van der Waals surface area contributed by atoms with Gasteiger partial charge in [-0.2, -0.15) is 8.42 Å². The van der Waals surface area contributed by atoms with E-state index >= 15 is 0 Å². The van der Waals surface area contributed by atoms with Crippen LogP contribution in [0.3, 0.4) is 0 Å². The Hall–Kier alpha value is 0.380. The molecule has 0 saturated carbocycles. The van der Waals surface area contributed by atoms with E-state index in [0.29, 0.717) is 11.5 Å². The maximum Gasteiger partial charge on any atom is 0.288 e. The summed E-state index contributed by atoms with van der Waals surface area (Å²) >= 11 is 0. The van der Waals surface area contributed by atoms with Crippen LogP contribution in [0.2, 0.25) is 0 Å². The number of hydroxylamine groups is 2. The predicted octanol–water partition coefficient (Wildman–Crippen LogP) is -0.245. The van der Waals surface area contributed by atoms with Gasteiger partial charge in [-0.05, 0) is 6.42 Å². The van der Waals surface area contributed by atoms with Gasteiger partial charge in [0, 0.05) is 43.5 Å². The first kappa shape index (κ1) is 15.8. The van der Waals surface area contributed by atoms with Gasteiger partial charge >= 0.3 is 0 Å². The van der Waals surface area contributed by atoms with Gasteiger partial charge in [-0.25, -0.2) is 5.06 Å². The van der Waals surface area contributed by atoms with Crippen LogP contribution in [0.15, 0.2) is 0 Å². The number of carbonyl (C=O) groups excluding carboxylic acids is 1. The van der Waals surface area contributed by atoms with Crippen molar-refractivity contribution >= 4 is 45.6 Å². The van der Waals surface area contributed by atoms with Crippen molar-refractivity contribution in [3.8, 4) is 0 Å². The maximum atomic E-state index is 10.9. The Morgan fingerprint density at radius 2 is 1.92 bits per heavy atom. The number of hydrogen-bond acceptors (Lipinski definition) is 4. The van der Waals surface area contributed by atoms with E-state index in [0.717, 1.165) is 0 Å². The van der Waals surface area contributed by atoms with E-state index in [9.17, 15) is 13.2 Å². The molecule has 0 atom stereocenters. The Bertz CT molecular complexity index is 251. The van der Waals surface area contributed by atoms with Crippen LogP contribution in [-0.4, -0.2) is 61.7 Å². The SMILES string of the molecule is CCCS(=O)(=O)ON(C)C(C)=O.[Na]. The minimum Gasteiger partial charge on any atom is -0.273 e. The molecule has 0 saturated heterocycles. The van der Waals surface area contributed by atoms with Crippen molar-refractivity contribution in [3.63, 3.8) is 0 Å². The van der Waals surface area contributed by atoms with E-state index < -0.39 is 16.0 Å². The van der Waals surface area contributed by atoms with Crippen molar-refractivity contribution in [1.29, 1.82) is 0 Å². The molecular formula is C6H13NNaO4S. The third-order valence-corrected chi connectivity index (χ3v) is 2.48. The average molecular weight is 218 g/mol. The van der Waals surface area contributed by atoms with Crippen LogP contribution < -0.4 is 0 Å². The summed E-state index contributed by atoms with van der Waals surface area (Å²) in [6.45, 7) is 2.94. The Morgan fingerprint density at radius 3 is 2.23 bits per heavy atom. The van der Waals surface area contributed by atoms with Crippen LogP contribution in [-0.2, 0) is 19.2 Å². The fourth-order valence-electron chi connectivity index (χ4n) is 0.510. The standard InChI is InChI=1S/C6H13NO4S.Na/c1-4-5-12(9,10)11-7(3)6(2)8;/h4-5H2,1-3H3;. The molecule has 0 spiro atoms. The van der Waals surface area contributed by atoms with Crippen molar-refractivity contribution < 1.29 is 17.5 Å². The van der Waals surface area contributed by atoms with Gasteiger partial charge in [0.1, 0.15) is 0 Å². The number of rotatable bonds is 4. The first-order valence-electron chi connectivity index (χ1n) is 3.55. The van der Waals surface area contributed by atoms with Crippen LogP contribution in [0.25, 0.3) is 0 Å². The van der Waals surface area contributed by atoms with Gasteiger partial charge in [0.05, 0.1) is 5.75 Å². The molecule has 1 radical (unpaired) electrons. The Labute approximate surface area is 101 Å². The molecule has 1 amide bonds. The summed E-state index contributed by atoms with van der Waals surface area (Å²) in [5.41, 5.74) is 0. The minimum absolute atomic E-state index is 0. The van der Waals surface area contributed by atoms with Crippen LogP contribution in [0.1, 0.15) is 20.3 Å². The molecule has 73 valence electrons.